The summed E-state index contributed by atoms with van der Waals surface area (Å²) >= 11 is 1.44. The zero-order valence-electron chi connectivity index (χ0n) is 14.2. The summed E-state index contributed by atoms with van der Waals surface area (Å²) in [7, 11) is 2.10. The molecule has 25 heavy (non-hydrogen) atoms. The Hall–Kier alpha value is -2.03. The first kappa shape index (κ1) is 16.4. The number of fused-ring (bicyclic) bond motifs is 1. The lowest BCUT2D eigenvalue weighted by molar-refractivity contribution is 0.127. The Morgan fingerprint density at radius 3 is 2.48 bits per heavy atom. The lowest BCUT2D eigenvalue weighted by Crippen LogP contribution is -2.46. The van der Waals surface area contributed by atoms with E-state index in [0.717, 1.165) is 36.6 Å². The molecule has 1 aliphatic rings. The maximum atomic E-state index is 13.4. The van der Waals surface area contributed by atoms with Gasteiger partial charge in [-0.05, 0) is 31.7 Å². The Bertz CT molecular complexity index is 882. The Morgan fingerprint density at radius 1 is 1.16 bits per heavy atom. The van der Waals surface area contributed by atoms with Crippen molar-refractivity contribution in [3.8, 4) is 5.88 Å². The van der Waals surface area contributed by atoms with E-state index in [0.29, 0.717) is 10.8 Å². The molecule has 3 heterocycles. The second-order valence-corrected chi connectivity index (χ2v) is 7.45. The first-order valence-electron chi connectivity index (χ1n) is 8.26. The highest BCUT2D eigenvalue weighted by atomic mass is 32.1. The Balaban J connectivity index is 1.79. The fourth-order valence-electron chi connectivity index (χ4n) is 3.28. The van der Waals surface area contributed by atoms with Gasteiger partial charge in [0.1, 0.15) is 11.6 Å². The number of nitrogens with zero attached hydrogens (tertiary/aromatic N) is 5. The number of likely N-dealkylation sites (N-methyl/N-ethyl adjacent to an activating group) is 1. The second kappa shape index (κ2) is 6.36. The predicted octanol–water partition coefficient (Wildman–Crippen LogP) is 2.28. The zero-order valence-corrected chi connectivity index (χ0v) is 15.0. The molecule has 0 saturated carbocycles. The van der Waals surface area contributed by atoms with Crippen LogP contribution in [0.15, 0.2) is 24.3 Å². The highest BCUT2D eigenvalue weighted by Crippen LogP contribution is 2.40. The highest BCUT2D eigenvalue weighted by Gasteiger charge is 2.31. The first-order valence-corrected chi connectivity index (χ1v) is 9.07. The topological polar surface area (TPSA) is 56.9 Å². The third-order valence-electron chi connectivity index (χ3n) is 4.64. The molecule has 4 rings (SSSR count). The molecule has 0 unspecified atom stereocenters. The van der Waals surface area contributed by atoms with E-state index >= 15 is 0 Å². The van der Waals surface area contributed by atoms with Crippen molar-refractivity contribution in [1.82, 2.24) is 24.4 Å². The van der Waals surface area contributed by atoms with Crippen LogP contribution in [0.3, 0.4) is 0 Å². The van der Waals surface area contributed by atoms with Crippen molar-refractivity contribution in [2.45, 2.75) is 13.0 Å². The molecule has 1 saturated heterocycles. The Morgan fingerprint density at radius 2 is 1.84 bits per heavy atom. The van der Waals surface area contributed by atoms with Crippen molar-refractivity contribution in [3.63, 3.8) is 0 Å². The number of hydrogen-bond acceptors (Lipinski definition) is 6. The number of piperazine rings is 1. The summed E-state index contributed by atoms with van der Waals surface area (Å²) in [5, 5.41) is 15.0. The lowest BCUT2D eigenvalue weighted by Gasteiger charge is -2.37. The molecule has 0 spiro atoms. The van der Waals surface area contributed by atoms with Crippen LogP contribution in [0.5, 0.6) is 5.88 Å². The van der Waals surface area contributed by atoms with Gasteiger partial charge in [0.2, 0.25) is 10.8 Å². The van der Waals surface area contributed by atoms with Gasteiger partial charge < -0.3 is 10.0 Å². The van der Waals surface area contributed by atoms with Crippen molar-refractivity contribution in [1.29, 1.82) is 0 Å². The smallest absolute Gasteiger partial charge is 0.230 e. The number of halogens is 1. The fraction of sp³-hybridized carbons (Fsp3) is 0.412. The van der Waals surface area contributed by atoms with E-state index < -0.39 is 0 Å². The number of rotatable bonds is 3. The Kier molecular flexibility index (Phi) is 4.18. The van der Waals surface area contributed by atoms with Crippen LogP contribution < -0.4 is 0 Å². The van der Waals surface area contributed by atoms with Crippen LogP contribution in [0.2, 0.25) is 0 Å². The summed E-state index contributed by atoms with van der Waals surface area (Å²) in [6.07, 6.45) is 0. The van der Waals surface area contributed by atoms with Crippen LogP contribution in [0.25, 0.3) is 4.96 Å². The maximum absolute atomic E-state index is 13.4. The molecule has 6 nitrogen and oxygen atoms in total. The molecule has 8 heteroatoms. The molecular formula is C17H20FN5OS. The van der Waals surface area contributed by atoms with Crippen LogP contribution in [-0.4, -0.2) is 62.7 Å². The van der Waals surface area contributed by atoms with Crippen molar-refractivity contribution in [2.24, 2.45) is 0 Å². The molecule has 1 atom stereocenters. The fourth-order valence-corrected chi connectivity index (χ4v) is 4.44. The quantitative estimate of drug-likeness (QED) is 0.776. The number of benzene rings is 1. The van der Waals surface area contributed by atoms with Gasteiger partial charge in [-0.1, -0.05) is 23.5 Å². The normalized spacial score (nSPS) is 18.0. The summed E-state index contributed by atoms with van der Waals surface area (Å²) in [6.45, 7) is 5.47. The van der Waals surface area contributed by atoms with E-state index in [9.17, 15) is 9.50 Å². The van der Waals surface area contributed by atoms with Gasteiger partial charge in [0.05, 0.1) is 10.9 Å². The minimum atomic E-state index is -0.261. The minimum Gasteiger partial charge on any atom is -0.492 e. The summed E-state index contributed by atoms with van der Waals surface area (Å²) < 4.78 is 14.9. The van der Waals surface area contributed by atoms with E-state index in [4.69, 9.17) is 0 Å². The standard InChI is InChI=1S/C17H20FN5OS/c1-11-19-17-23(20-11)16(24)15(25-17)14(12-3-5-13(18)6-4-12)22-9-7-21(2)8-10-22/h3-6,14,24H,7-10H2,1-2H3/t14-/m1/s1. The van der Waals surface area contributed by atoms with Crippen molar-refractivity contribution in [3.05, 3.63) is 46.3 Å². The molecule has 0 radical (unpaired) electrons. The van der Waals surface area contributed by atoms with Crippen molar-refractivity contribution >= 4 is 16.3 Å². The van der Waals surface area contributed by atoms with E-state index in [1.165, 1.54) is 28.0 Å². The van der Waals surface area contributed by atoms with Gasteiger partial charge in [-0.3, -0.25) is 4.90 Å². The highest BCUT2D eigenvalue weighted by molar-refractivity contribution is 7.17. The third-order valence-corrected chi connectivity index (χ3v) is 5.72. The lowest BCUT2D eigenvalue weighted by atomic mass is 10.0. The van der Waals surface area contributed by atoms with Crippen LogP contribution in [-0.2, 0) is 0 Å². The average molecular weight is 361 g/mol. The number of aryl methyl sites for hydroxylation is 1. The summed E-state index contributed by atoms with van der Waals surface area (Å²) in [4.78, 5) is 10.4. The average Bonchev–Trinajstić information content (AvgIpc) is 3.09. The number of aromatic hydroxyl groups is 1. The maximum Gasteiger partial charge on any atom is 0.230 e. The Labute approximate surface area is 149 Å². The van der Waals surface area contributed by atoms with Crippen LogP contribution in [0.4, 0.5) is 4.39 Å². The number of thiazole rings is 1. The largest absolute Gasteiger partial charge is 0.492 e. The molecule has 1 N–H and O–H groups in total. The SMILES string of the molecule is Cc1nc2sc([C@@H](c3ccc(F)cc3)N3CCN(C)CC3)c(O)n2n1. The van der Waals surface area contributed by atoms with Crippen LogP contribution in [0.1, 0.15) is 22.3 Å². The van der Waals surface area contributed by atoms with E-state index in [-0.39, 0.29) is 17.7 Å². The summed E-state index contributed by atoms with van der Waals surface area (Å²) in [5.41, 5.74) is 0.961. The first-order chi connectivity index (χ1) is 12.0. The van der Waals surface area contributed by atoms with Gasteiger partial charge in [-0.2, -0.15) is 4.52 Å². The van der Waals surface area contributed by atoms with Crippen molar-refractivity contribution in [2.75, 3.05) is 33.2 Å². The van der Waals surface area contributed by atoms with Gasteiger partial charge in [-0.25, -0.2) is 9.37 Å². The molecule has 1 fully saturated rings. The second-order valence-electron chi connectivity index (χ2n) is 6.44. The van der Waals surface area contributed by atoms with Crippen molar-refractivity contribution < 1.29 is 9.50 Å². The summed E-state index contributed by atoms with van der Waals surface area (Å²) in [5.74, 6) is 0.489. The van der Waals surface area contributed by atoms with Gasteiger partial charge >= 0.3 is 0 Å². The molecule has 3 aromatic rings. The zero-order chi connectivity index (χ0) is 17.6. The van der Waals surface area contributed by atoms with Crippen LogP contribution >= 0.6 is 11.3 Å². The van der Waals surface area contributed by atoms with Gasteiger partial charge in [-0.15, -0.1) is 5.10 Å². The molecule has 1 aromatic carbocycles. The molecular weight excluding hydrogens is 341 g/mol. The molecule has 0 aliphatic carbocycles. The van der Waals surface area contributed by atoms with Gasteiger partial charge in [0.15, 0.2) is 0 Å². The van der Waals surface area contributed by atoms with Gasteiger partial charge in [0.25, 0.3) is 0 Å². The molecule has 1 aliphatic heterocycles. The number of hydrogen-bond donors (Lipinski definition) is 1. The molecule has 0 bridgehead atoms. The van der Waals surface area contributed by atoms with E-state index in [2.05, 4.69) is 26.9 Å². The molecule has 132 valence electrons. The van der Waals surface area contributed by atoms with Crippen LogP contribution in [0, 0.1) is 12.7 Å². The third kappa shape index (κ3) is 3.01. The molecule has 0 amide bonds. The van der Waals surface area contributed by atoms with E-state index in [1.807, 2.05) is 0 Å². The summed E-state index contributed by atoms with van der Waals surface area (Å²) in [6, 6.07) is 6.38. The van der Waals surface area contributed by atoms with E-state index in [1.54, 1.807) is 19.1 Å². The molecule has 2 aromatic heterocycles. The monoisotopic (exact) mass is 361 g/mol. The predicted molar refractivity (Wildman–Crippen MR) is 94.6 cm³/mol. The van der Waals surface area contributed by atoms with Gasteiger partial charge in [0, 0.05) is 26.2 Å². The minimum absolute atomic E-state index is 0.119. The number of aromatic nitrogens is 3.